The van der Waals surface area contributed by atoms with Gasteiger partial charge in [0.1, 0.15) is 84.0 Å². The van der Waals surface area contributed by atoms with E-state index in [4.69, 9.17) is 29.1 Å². The number of phenols is 2. The molecule has 18 nitrogen and oxygen atoms in total. The number of hydrogen-bond acceptors (Lipinski definition) is 16. The SMILES string of the molecule is N=C1C=CC([C@@H](O)COc2ccc(C3C=C(O)c4c(cc(O[C@@H]5O[C@H](C(=O)O)[C@](O)(CC6=NC=NC6)[C@@H](O)[C@H]5O)c(OCc5cccc(O)c5)c4O)O3)cc2)=N1. The first-order valence-electron chi connectivity index (χ1n) is 17.1. The molecule has 292 valence electrons. The summed E-state index contributed by atoms with van der Waals surface area (Å²) in [6, 6.07) is 13.7. The summed E-state index contributed by atoms with van der Waals surface area (Å²) in [6.07, 6.45) is -5.28. The fourth-order valence-electron chi connectivity index (χ4n) is 6.47. The van der Waals surface area contributed by atoms with E-state index >= 15 is 0 Å². The summed E-state index contributed by atoms with van der Waals surface area (Å²) in [5.41, 5.74) is -1.23. The maximum atomic E-state index is 12.4. The Morgan fingerprint density at radius 3 is 2.52 bits per heavy atom. The molecular weight excluding hydrogens is 736 g/mol. The number of nitrogens with zero attached hydrogens (tertiary/aromatic N) is 3. The van der Waals surface area contributed by atoms with E-state index in [2.05, 4.69) is 15.0 Å². The average molecular weight is 773 g/mol. The van der Waals surface area contributed by atoms with Crippen LogP contribution in [0.2, 0.25) is 0 Å². The van der Waals surface area contributed by atoms with Crippen molar-refractivity contribution in [2.75, 3.05) is 13.2 Å². The number of aliphatic hydroxyl groups excluding tert-OH is 4. The van der Waals surface area contributed by atoms with Crippen molar-refractivity contribution in [2.45, 2.75) is 55.4 Å². The molecule has 0 amide bonds. The van der Waals surface area contributed by atoms with E-state index in [-0.39, 0.29) is 54.1 Å². The minimum atomic E-state index is -2.55. The summed E-state index contributed by atoms with van der Waals surface area (Å²) >= 11 is 0. The summed E-state index contributed by atoms with van der Waals surface area (Å²) in [7, 11) is 0. The lowest BCUT2D eigenvalue weighted by Gasteiger charge is -2.46. The van der Waals surface area contributed by atoms with Gasteiger partial charge in [0.2, 0.25) is 12.0 Å². The van der Waals surface area contributed by atoms with E-state index in [9.17, 15) is 45.6 Å². The first-order chi connectivity index (χ1) is 26.8. The third-order valence-corrected chi connectivity index (χ3v) is 9.31. The number of nitrogens with one attached hydrogen (secondary N) is 1. The predicted octanol–water partition coefficient (Wildman–Crippen LogP) is 1.95. The van der Waals surface area contributed by atoms with Gasteiger partial charge < -0.3 is 64.5 Å². The Labute approximate surface area is 317 Å². The number of carbonyl (C=O) groups is 1. The number of carboxylic acid groups (broad SMARTS) is 1. The van der Waals surface area contributed by atoms with Gasteiger partial charge in [-0.25, -0.2) is 14.8 Å². The summed E-state index contributed by atoms with van der Waals surface area (Å²) in [6.45, 7) is -0.351. The van der Waals surface area contributed by atoms with Crippen molar-refractivity contribution in [2.24, 2.45) is 15.0 Å². The molecule has 0 saturated carbocycles. The number of aliphatic hydroxyl groups is 5. The number of aliphatic imine (C=N–C) groups is 3. The number of aromatic hydroxyl groups is 2. The fraction of sp³-hybridized carbons (Fsp3) is 0.289. The Kier molecular flexibility index (Phi) is 10.5. The third-order valence-electron chi connectivity index (χ3n) is 9.31. The molecule has 3 aromatic rings. The largest absolute Gasteiger partial charge is 0.508 e. The highest BCUT2D eigenvalue weighted by Gasteiger charge is 2.59. The number of hydrogen-bond donors (Lipinski definition) is 9. The summed E-state index contributed by atoms with van der Waals surface area (Å²) in [5.74, 6) is -3.36. The number of benzene rings is 3. The molecule has 1 saturated heterocycles. The van der Waals surface area contributed by atoms with Crippen LogP contribution >= 0.6 is 0 Å². The normalized spacial score (nSPS) is 25.8. The van der Waals surface area contributed by atoms with Gasteiger partial charge in [0.15, 0.2) is 17.6 Å². The molecule has 9 N–H and O–H groups in total. The summed E-state index contributed by atoms with van der Waals surface area (Å²) in [5, 5.41) is 94.2. The van der Waals surface area contributed by atoms with E-state index in [0.717, 1.165) is 0 Å². The van der Waals surface area contributed by atoms with Gasteiger partial charge in [-0.15, -0.1) is 0 Å². The van der Waals surface area contributed by atoms with Crippen LogP contribution in [0.4, 0.5) is 0 Å². The lowest BCUT2D eigenvalue weighted by atomic mass is 9.80. The minimum absolute atomic E-state index is 0.0262. The lowest BCUT2D eigenvalue weighted by molar-refractivity contribution is -0.303. The zero-order valence-electron chi connectivity index (χ0n) is 29.2. The molecule has 0 aliphatic carbocycles. The van der Waals surface area contributed by atoms with Gasteiger partial charge in [0.05, 0.1) is 12.3 Å². The van der Waals surface area contributed by atoms with Crippen LogP contribution in [-0.4, -0.2) is 120 Å². The van der Waals surface area contributed by atoms with Crippen molar-refractivity contribution in [1.82, 2.24) is 0 Å². The van der Waals surface area contributed by atoms with E-state index in [0.29, 0.717) is 22.6 Å². The second-order valence-corrected chi connectivity index (χ2v) is 13.2. The van der Waals surface area contributed by atoms with Crippen molar-refractivity contribution >= 4 is 35.3 Å². The topological polar surface area (TPSA) is 286 Å². The highest BCUT2D eigenvalue weighted by atomic mass is 16.7. The fourth-order valence-corrected chi connectivity index (χ4v) is 6.47. The van der Waals surface area contributed by atoms with E-state index in [1.54, 1.807) is 36.4 Å². The minimum Gasteiger partial charge on any atom is -0.508 e. The zero-order chi connectivity index (χ0) is 39.7. The van der Waals surface area contributed by atoms with E-state index in [1.165, 1.54) is 42.8 Å². The number of fused-ring (bicyclic) bond motifs is 1. The first-order valence-corrected chi connectivity index (χ1v) is 17.1. The highest BCUT2D eigenvalue weighted by Crippen LogP contribution is 2.51. The Bertz CT molecular complexity index is 2180. The van der Waals surface area contributed by atoms with Crippen molar-refractivity contribution < 1.29 is 69.3 Å². The zero-order valence-corrected chi connectivity index (χ0v) is 29.2. The molecule has 7 rings (SSSR count). The molecule has 18 heteroatoms. The van der Waals surface area contributed by atoms with Crippen molar-refractivity contribution in [3.05, 3.63) is 89.5 Å². The van der Waals surface area contributed by atoms with E-state index in [1.807, 2.05) is 0 Å². The summed E-state index contributed by atoms with van der Waals surface area (Å²) < 4.78 is 29.2. The molecule has 4 aliphatic heterocycles. The first kappa shape index (κ1) is 38.0. The maximum absolute atomic E-state index is 12.4. The second-order valence-electron chi connectivity index (χ2n) is 13.2. The van der Waals surface area contributed by atoms with Gasteiger partial charge in [-0.05, 0) is 47.5 Å². The molecule has 1 unspecified atom stereocenters. The quantitative estimate of drug-likeness (QED) is 0.120. The molecule has 4 aliphatic rings. The number of aliphatic carboxylic acids is 1. The Balaban J connectivity index is 1.16. The average Bonchev–Trinajstić information content (AvgIpc) is 3.85. The van der Waals surface area contributed by atoms with Crippen molar-refractivity contribution in [1.29, 1.82) is 5.41 Å². The van der Waals surface area contributed by atoms with Gasteiger partial charge >= 0.3 is 5.97 Å². The molecular formula is C38H36N4O14. The molecule has 56 heavy (non-hydrogen) atoms. The Morgan fingerprint density at radius 2 is 1.84 bits per heavy atom. The molecule has 0 radical (unpaired) electrons. The Hall–Kier alpha value is -6.31. The third kappa shape index (κ3) is 7.63. The van der Waals surface area contributed by atoms with Crippen LogP contribution in [0, 0.1) is 5.41 Å². The molecule has 1 fully saturated rings. The van der Waals surface area contributed by atoms with Gasteiger partial charge in [0.25, 0.3) is 0 Å². The molecule has 0 spiro atoms. The maximum Gasteiger partial charge on any atom is 0.336 e. The molecule has 4 heterocycles. The van der Waals surface area contributed by atoms with Gasteiger partial charge in [-0.1, -0.05) is 24.3 Å². The number of amidine groups is 1. The molecule has 7 atom stereocenters. The number of carboxylic acids is 1. The summed E-state index contributed by atoms with van der Waals surface area (Å²) in [4.78, 5) is 24.2. The van der Waals surface area contributed by atoms with Crippen LogP contribution in [-0.2, 0) is 16.1 Å². The molecule has 0 aromatic heterocycles. The number of ether oxygens (including phenoxy) is 5. The second kappa shape index (κ2) is 15.4. The van der Waals surface area contributed by atoms with Gasteiger partial charge in [0, 0.05) is 24.3 Å². The predicted molar refractivity (Wildman–Crippen MR) is 196 cm³/mol. The molecule has 3 aromatic carbocycles. The van der Waals surface area contributed by atoms with Crippen LogP contribution in [0.3, 0.4) is 0 Å². The monoisotopic (exact) mass is 772 g/mol. The van der Waals surface area contributed by atoms with Crippen LogP contribution in [0.25, 0.3) is 5.76 Å². The lowest BCUT2D eigenvalue weighted by Crippen LogP contribution is -2.69. The Morgan fingerprint density at radius 1 is 1.05 bits per heavy atom. The standard InChI is InChI=1S/C38H36N4O14/c39-29-9-8-23(42-29)25(45)16-52-22-6-4-19(5-7-22)26-11-24(44)30-27(54-26)12-28(33(31(30)46)53-15-18-2-1-3-21(43)10-18)55-37-32(47)34(48)38(51,35(56-37)36(49)50)13-20-14-40-17-41-20/h1-12,17,25-26,32,34-35,37,39,43-48,51H,13-16H2,(H,49,50)/t25-,26?,32+,34-,35+,37+,38-/m0/s1. The van der Waals surface area contributed by atoms with Crippen LogP contribution in [0.5, 0.6) is 34.5 Å². The van der Waals surface area contributed by atoms with Crippen LogP contribution in [0.15, 0.2) is 87.8 Å². The number of phenolic OH excluding ortho intramolecular Hbond substituents is 2. The smallest absolute Gasteiger partial charge is 0.336 e. The van der Waals surface area contributed by atoms with Crippen LogP contribution < -0.4 is 18.9 Å². The van der Waals surface area contributed by atoms with Gasteiger partial charge in [-0.2, -0.15) is 0 Å². The molecule has 0 bridgehead atoms. The van der Waals surface area contributed by atoms with Crippen molar-refractivity contribution in [3.8, 4) is 34.5 Å². The highest BCUT2D eigenvalue weighted by molar-refractivity contribution is 6.15. The van der Waals surface area contributed by atoms with E-state index < -0.39 is 72.1 Å². The van der Waals surface area contributed by atoms with Crippen molar-refractivity contribution in [3.63, 3.8) is 0 Å². The van der Waals surface area contributed by atoms with Crippen LogP contribution in [0.1, 0.15) is 29.2 Å². The van der Waals surface area contributed by atoms with Gasteiger partial charge in [-0.3, -0.25) is 10.4 Å². The number of rotatable bonds is 13.